The average Bonchev–Trinajstić information content (AvgIpc) is 3.55. The first kappa shape index (κ1) is 46.5. The Bertz CT molecular complexity index is 1820. The number of aliphatic hydroxyl groups excluding tert-OH is 1. The number of benzene rings is 2. The molecule has 5 amide bonds. The number of methoxy groups -OCH3 is 1. The first-order chi connectivity index (χ1) is 28.1. The van der Waals surface area contributed by atoms with Crippen LogP contribution in [0.25, 0.3) is 0 Å². The third-order valence-corrected chi connectivity index (χ3v) is 11.0. The molecule has 1 aliphatic rings. The number of pyridine rings is 1. The molecule has 5 atom stereocenters. The molecular formula is C45H66N8O6. The summed E-state index contributed by atoms with van der Waals surface area (Å²) < 4.78 is 4.83. The van der Waals surface area contributed by atoms with E-state index in [9.17, 15) is 24.3 Å². The van der Waals surface area contributed by atoms with Gasteiger partial charge in [-0.15, -0.1) is 0 Å². The van der Waals surface area contributed by atoms with E-state index in [0.29, 0.717) is 26.1 Å². The molecule has 2 heterocycles. The van der Waals surface area contributed by atoms with E-state index >= 15 is 0 Å². The van der Waals surface area contributed by atoms with Crippen LogP contribution in [0.2, 0.25) is 0 Å². The van der Waals surface area contributed by atoms with Crippen molar-refractivity contribution in [1.29, 1.82) is 0 Å². The minimum Gasteiger partial charge on any atom is -0.453 e. The van der Waals surface area contributed by atoms with Crippen LogP contribution in [0.15, 0.2) is 72.8 Å². The van der Waals surface area contributed by atoms with Crippen LogP contribution >= 0.6 is 0 Å². The summed E-state index contributed by atoms with van der Waals surface area (Å²) in [6.45, 7) is 18.6. The molecule has 14 nitrogen and oxygen atoms in total. The third-order valence-electron chi connectivity index (χ3n) is 11.0. The molecule has 5 unspecified atom stereocenters. The lowest BCUT2D eigenvalue weighted by Gasteiger charge is -2.36. The monoisotopic (exact) mass is 815 g/mol. The van der Waals surface area contributed by atoms with Crippen molar-refractivity contribution in [3.8, 4) is 0 Å². The second-order valence-corrected chi connectivity index (χ2v) is 16.5. The summed E-state index contributed by atoms with van der Waals surface area (Å²) in [4.78, 5) is 64.9. The van der Waals surface area contributed by atoms with Crippen LogP contribution in [0.5, 0.6) is 0 Å². The molecule has 4 rings (SSSR count). The van der Waals surface area contributed by atoms with Gasteiger partial charge in [-0.1, -0.05) is 89.6 Å². The minimum absolute atomic E-state index is 0.0791. The number of nitrogens with zero attached hydrogens (tertiary/aromatic N) is 5. The number of carbonyl (C=O) groups is 4. The molecule has 4 N–H and O–H groups in total. The second kappa shape index (κ2) is 21.7. The highest BCUT2D eigenvalue weighted by molar-refractivity contribution is 5.88. The molecule has 1 aromatic heterocycles. The van der Waals surface area contributed by atoms with Crippen LogP contribution < -0.4 is 21.0 Å². The Kier molecular flexibility index (Phi) is 17.1. The Hall–Kier alpha value is -5.21. The van der Waals surface area contributed by atoms with Gasteiger partial charge in [0.2, 0.25) is 5.91 Å². The van der Waals surface area contributed by atoms with Crippen LogP contribution in [-0.4, -0.2) is 113 Å². The summed E-state index contributed by atoms with van der Waals surface area (Å²) in [5.41, 5.74) is 6.76. The maximum atomic E-state index is 14.5. The highest BCUT2D eigenvalue weighted by Crippen LogP contribution is 2.24. The molecule has 0 saturated carbocycles. The Morgan fingerprint density at radius 2 is 1.58 bits per heavy atom. The van der Waals surface area contributed by atoms with Crippen LogP contribution in [-0.2, 0) is 33.8 Å². The van der Waals surface area contributed by atoms with E-state index in [1.54, 1.807) is 14.8 Å². The third kappa shape index (κ3) is 13.1. The summed E-state index contributed by atoms with van der Waals surface area (Å²) in [7, 11) is 1.24. The lowest BCUT2D eigenvalue weighted by molar-refractivity contribution is -0.132. The summed E-state index contributed by atoms with van der Waals surface area (Å²) in [6, 6.07) is 20.5. The molecule has 1 fully saturated rings. The summed E-state index contributed by atoms with van der Waals surface area (Å²) in [5, 5.41) is 19.6. The second-order valence-electron chi connectivity index (χ2n) is 16.5. The molecule has 322 valence electrons. The molecule has 14 heteroatoms. The molecule has 2 aromatic carbocycles. The van der Waals surface area contributed by atoms with Gasteiger partial charge < -0.3 is 35.2 Å². The number of anilines is 1. The lowest BCUT2D eigenvalue weighted by Crippen LogP contribution is -2.60. The number of aryl methyl sites for hydroxylation is 1. The van der Waals surface area contributed by atoms with Crippen molar-refractivity contribution in [2.45, 2.75) is 106 Å². The van der Waals surface area contributed by atoms with E-state index < -0.39 is 41.6 Å². The van der Waals surface area contributed by atoms with Crippen molar-refractivity contribution >= 4 is 29.6 Å². The normalized spacial score (nSPS) is 15.6. The number of amides is 5. The number of nitrogens with one attached hydrogen (secondary N) is 3. The zero-order chi connectivity index (χ0) is 43.3. The highest BCUT2D eigenvalue weighted by Gasteiger charge is 2.41. The number of hydrogen-bond donors (Lipinski definition) is 4. The maximum Gasteiger partial charge on any atom is 0.407 e. The van der Waals surface area contributed by atoms with Crippen LogP contribution in [0.3, 0.4) is 0 Å². The number of aliphatic hydroxyl groups is 1. The van der Waals surface area contributed by atoms with Gasteiger partial charge in [0.15, 0.2) is 0 Å². The largest absolute Gasteiger partial charge is 0.453 e. The molecule has 1 aliphatic heterocycles. The van der Waals surface area contributed by atoms with Crippen molar-refractivity contribution in [3.63, 3.8) is 0 Å². The smallest absolute Gasteiger partial charge is 0.407 e. The molecule has 1 saturated heterocycles. The Labute approximate surface area is 350 Å². The number of rotatable bonds is 20. The quantitative estimate of drug-likeness (QED) is 0.111. The number of carbonyl (C=O) groups excluding carboxylic acids is 4. The number of aromatic nitrogens is 1. The zero-order valence-electron chi connectivity index (χ0n) is 36.4. The topological polar surface area (TPSA) is 160 Å². The molecular weight excluding hydrogens is 749 g/mol. The molecule has 0 aliphatic carbocycles. The Morgan fingerprint density at radius 1 is 0.898 bits per heavy atom. The number of urea groups is 1. The lowest BCUT2D eigenvalue weighted by atomic mass is 9.86. The SMILES string of the molecule is CCC(C)C(C(=O)NC(Cc1ccccc1)C(O)CN(Cc1ccc(N(CC)CC)cc1)NC(=O)C(NC(=O)OC)C(C)(C)C)N1CCN(Cc2cccc(C)n2)C1=O. The average molecular weight is 815 g/mol. The number of hydrogen-bond acceptors (Lipinski definition) is 9. The summed E-state index contributed by atoms with van der Waals surface area (Å²) >= 11 is 0. The van der Waals surface area contributed by atoms with Crippen molar-refractivity contribution in [1.82, 2.24) is 35.9 Å². The van der Waals surface area contributed by atoms with Crippen molar-refractivity contribution in [2.24, 2.45) is 11.3 Å². The Balaban J connectivity index is 1.63. The van der Waals surface area contributed by atoms with Crippen molar-refractivity contribution < 1.29 is 29.0 Å². The van der Waals surface area contributed by atoms with Gasteiger partial charge in [-0.2, -0.15) is 0 Å². The van der Waals surface area contributed by atoms with Gasteiger partial charge in [-0.05, 0) is 73.9 Å². The van der Waals surface area contributed by atoms with E-state index in [-0.39, 0.29) is 37.4 Å². The first-order valence-corrected chi connectivity index (χ1v) is 20.8. The van der Waals surface area contributed by atoms with E-state index in [2.05, 4.69) is 39.8 Å². The summed E-state index contributed by atoms with van der Waals surface area (Å²) in [5.74, 6) is -1.04. The zero-order valence-corrected chi connectivity index (χ0v) is 36.4. The highest BCUT2D eigenvalue weighted by atomic mass is 16.5. The predicted octanol–water partition coefficient (Wildman–Crippen LogP) is 5.28. The van der Waals surface area contributed by atoms with Crippen molar-refractivity contribution in [3.05, 3.63) is 95.3 Å². The fourth-order valence-electron chi connectivity index (χ4n) is 7.44. The van der Waals surface area contributed by atoms with Gasteiger partial charge >= 0.3 is 12.1 Å². The Morgan fingerprint density at radius 3 is 2.17 bits per heavy atom. The van der Waals surface area contributed by atoms with Gasteiger partial charge in [0.25, 0.3) is 5.91 Å². The summed E-state index contributed by atoms with van der Waals surface area (Å²) in [6.07, 6.45) is -0.998. The minimum atomic E-state index is -1.19. The van der Waals surface area contributed by atoms with Crippen LogP contribution in [0.4, 0.5) is 15.3 Å². The van der Waals surface area contributed by atoms with Gasteiger partial charge in [0, 0.05) is 50.6 Å². The fourth-order valence-corrected chi connectivity index (χ4v) is 7.44. The van der Waals surface area contributed by atoms with Crippen LogP contribution in [0, 0.1) is 18.3 Å². The number of alkyl carbamates (subject to hydrolysis) is 1. The van der Waals surface area contributed by atoms with Crippen molar-refractivity contribution in [2.75, 3.05) is 44.7 Å². The molecule has 3 aromatic rings. The van der Waals surface area contributed by atoms with E-state index in [1.807, 2.05) is 114 Å². The van der Waals surface area contributed by atoms with E-state index in [0.717, 1.165) is 41.3 Å². The van der Waals surface area contributed by atoms with E-state index in [4.69, 9.17) is 4.74 Å². The van der Waals surface area contributed by atoms with Crippen LogP contribution in [0.1, 0.15) is 77.4 Å². The van der Waals surface area contributed by atoms with E-state index in [1.165, 1.54) is 7.11 Å². The first-order valence-electron chi connectivity index (χ1n) is 20.8. The molecule has 59 heavy (non-hydrogen) atoms. The number of hydrazine groups is 1. The molecule has 0 radical (unpaired) electrons. The molecule has 0 spiro atoms. The van der Waals surface area contributed by atoms with Gasteiger partial charge in [0.05, 0.1) is 31.5 Å². The van der Waals surface area contributed by atoms with Gasteiger partial charge in [0.1, 0.15) is 12.1 Å². The molecule has 0 bridgehead atoms. The van der Waals surface area contributed by atoms with Gasteiger partial charge in [-0.3, -0.25) is 20.0 Å². The van der Waals surface area contributed by atoms with Gasteiger partial charge in [-0.25, -0.2) is 14.6 Å². The standard InChI is InChI=1S/C45H66N8O6/c1-10-31(4)39(53-26-25-51(44(53)58)29-35-20-16-17-32(5)46-35)41(55)47-37(27-33-18-14-13-15-19-33)38(54)30-52(28-34-21-23-36(24-22-34)50(11-2)12-3)49-42(56)40(45(6,7)8)48-43(57)59-9/h13-24,31,37-40,54H,10-12,25-30H2,1-9H3,(H,47,55)(H,48,57)(H,49,56). The fraction of sp³-hybridized carbons (Fsp3) is 0.533. The maximum absolute atomic E-state index is 14.5. The predicted molar refractivity (Wildman–Crippen MR) is 230 cm³/mol. The number of ether oxygens (including phenoxy) is 1.